The second-order valence-corrected chi connectivity index (χ2v) is 10.2. The number of aromatic nitrogens is 3. The van der Waals surface area contributed by atoms with Gasteiger partial charge in [0.25, 0.3) is 0 Å². The van der Waals surface area contributed by atoms with E-state index in [1.807, 2.05) is 12.3 Å². The first-order chi connectivity index (χ1) is 19.8. The van der Waals surface area contributed by atoms with Crippen molar-refractivity contribution in [3.63, 3.8) is 0 Å². The van der Waals surface area contributed by atoms with Crippen molar-refractivity contribution < 1.29 is 0 Å². The van der Waals surface area contributed by atoms with Crippen molar-refractivity contribution in [1.82, 2.24) is 14.1 Å². The van der Waals surface area contributed by atoms with Gasteiger partial charge in [-0.05, 0) is 78.9 Å². The van der Waals surface area contributed by atoms with Crippen LogP contribution in [-0.2, 0) is 7.05 Å². The first kappa shape index (κ1) is 22.6. The van der Waals surface area contributed by atoms with E-state index in [0.717, 1.165) is 33.9 Å². The molecule has 0 spiro atoms. The maximum absolute atomic E-state index is 4.80. The van der Waals surface area contributed by atoms with Gasteiger partial charge in [0, 0.05) is 68.6 Å². The third-order valence-corrected chi connectivity index (χ3v) is 7.95. The lowest BCUT2D eigenvalue weighted by Crippen LogP contribution is -2.09. The molecule has 0 fully saturated rings. The Labute approximate surface area is 232 Å². The van der Waals surface area contributed by atoms with Gasteiger partial charge < -0.3 is 9.47 Å². The Kier molecular flexibility index (Phi) is 5.01. The average molecular weight is 515 g/mol. The first-order valence-electron chi connectivity index (χ1n) is 13.5. The molecule has 4 heteroatoms. The number of hydrogen-bond acceptors (Lipinski definition) is 2. The van der Waals surface area contributed by atoms with Crippen molar-refractivity contribution in [2.75, 3.05) is 4.90 Å². The van der Waals surface area contributed by atoms with E-state index in [1.165, 1.54) is 32.6 Å². The number of para-hydroxylation sites is 3. The molecule has 0 amide bonds. The summed E-state index contributed by atoms with van der Waals surface area (Å²) in [6.07, 6.45) is 1.88. The van der Waals surface area contributed by atoms with Crippen LogP contribution >= 0.6 is 0 Å². The zero-order valence-electron chi connectivity index (χ0n) is 22.1. The number of nitrogens with zero attached hydrogens (tertiary/aromatic N) is 4. The van der Waals surface area contributed by atoms with Crippen LogP contribution in [0.15, 0.2) is 140 Å². The van der Waals surface area contributed by atoms with Gasteiger partial charge in [-0.25, -0.2) is 4.98 Å². The van der Waals surface area contributed by atoms with Crippen LogP contribution in [0.3, 0.4) is 0 Å². The van der Waals surface area contributed by atoms with Gasteiger partial charge in [-0.15, -0.1) is 0 Å². The highest BCUT2D eigenvalue weighted by atomic mass is 15.1. The molecule has 0 radical (unpaired) electrons. The predicted octanol–water partition coefficient (Wildman–Crippen LogP) is 9.29. The van der Waals surface area contributed by atoms with Gasteiger partial charge >= 0.3 is 0 Å². The quantitative estimate of drug-likeness (QED) is 0.234. The third kappa shape index (κ3) is 3.36. The van der Waals surface area contributed by atoms with Gasteiger partial charge in [0.2, 0.25) is 0 Å². The Morgan fingerprint density at radius 1 is 0.500 bits per heavy atom. The lowest BCUT2D eigenvalue weighted by atomic mass is 10.1. The van der Waals surface area contributed by atoms with E-state index in [2.05, 4.69) is 148 Å². The van der Waals surface area contributed by atoms with Gasteiger partial charge in [0.15, 0.2) is 0 Å². The largest absolute Gasteiger partial charge is 0.344 e. The van der Waals surface area contributed by atoms with Gasteiger partial charge in [-0.2, -0.15) is 0 Å². The fourth-order valence-electron chi connectivity index (χ4n) is 6.13. The van der Waals surface area contributed by atoms with E-state index in [0.29, 0.717) is 0 Å². The van der Waals surface area contributed by atoms with Crippen LogP contribution in [0.25, 0.3) is 49.4 Å². The molecule has 8 rings (SSSR count). The molecule has 8 aromatic rings. The summed E-state index contributed by atoms with van der Waals surface area (Å²) >= 11 is 0. The summed E-state index contributed by atoms with van der Waals surface area (Å²) in [5.41, 5.74) is 9.04. The molecule has 4 nitrogen and oxygen atoms in total. The summed E-state index contributed by atoms with van der Waals surface area (Å²) in [5.74, 6) is 0. The lowest BCUT2D eigenvalue weighted by Gasteiger charge is -2.25. The molecule has 0 aliphatic rings. The van der Waals surface area contributed by atoms with Crippen molar-refractivity contribution in [3.8, 4) is 5.69 Å². The Morgan fingerprint density at radius 2 is 1.12 bits per heavy atom. The standard InChI is InChI=1S/C36H26N4/c1-38-33-20-18-27(39(25-11-4-2-5-12-25)26-13-6-3-7-14-26)23-31(33)32-24-28(19-21-34(32)38)40-35-17-9-8-15-29(35)30-16-10-22-37-36(30)40/h2-24H,1H3. The van der Waals surface area contributed by atoms with Crippen LogP contribution in [0, 0.1) is 0 Å². The number of anilines is 3. The van der Waals surface area contributed by atoms with Crippen LogP contribution < -0.4 is 4.90 Å². The number of benzene rings is 5. The van der Waals surface area contributed by atoms with Crippen molar-refractivity contribution in [2.24, 2.45) is 7.05 Å². The van der Waals surface area contributed by atoms with Gasteiger partial charge in [-0.1, -0.05) is 54.6 Å². The molecule has 40 heavy (non-hydrogen) atoms. The summed E-state index contributed by atoms with van der Waals surface area (Å²) in [4.78, 5) is 7.12. The SMILES string of the molecule is Cn1c2ccc(N(c3ccccc3)c3ccccc3)cc2c2cc(-n3c4ccccc4c4cccnc43)ccc21. The summed E-state index contributed by atoms with van der Waals surface area (Å²) in [6, 6.07) is 47.4. The van der Waals surface area contributed by atoms with Crippen LogP contribution in [-0.4, -0.2) is 14.1 Å². The molecule has 0 aliphatic heterocycles. The van der Waals surface area contributed by atoms with E-state index in [9.17, 15) is 0 Å². The Morgan fingerprint density at radius 3 is 1.88 bits per heavy atom. The van der Waals surface area contributed by atoms with Gasteiger partial charge in [-0.3, -0.25) is 4.57 Å². The summed E-state index contributed by atoms with van der Waals surface area (Å²) in [5, 5.41) is 4.83. The molecule has 0 atom stereocenters. The smallest absolute Gasteiger partial charge is 0.145 e. The normalized spacial score (nSPS) is 11.6. The van der Waals surface area contributed by atoms with Gasteiger partial charge in [0.1, 0.15) is 5.65 Å². The number of rotatable bonds is 4. The molecular formula is C36H26N4. The van der Waals surface area contributed by atoms with Crippen LogP contribution in [0.5, 0.6) is 0 Å². The zero-order chi connectivity index (χ0) is 26.6. The molecule has 3 aromatic heterocycles. The monoisotopic (exact) mass is 514 g/mol. The molecule has 5 aromatic carbocycles. The van der Waals surface area contributed by atoms with E-state index in [-0.39, 0.29) is 0 Å². The second kappa shape index (κ2) is 8.85. The average Bonchev–Trinajstić information content (AvgIpc) is 3.50. The lowest BCUT2D eigenvalue weighted by molar-refractivity contribution is 1.01. The van der Waals surface area contributed by atoms with Gasteiger partial charge in [0.05, 0.1) is 5.52 Å². The first-order valence-corrected chi connectivity index (χ1v) is 13.5. The third-order valence-electron chi connectivity index (χ3n) is 7.95. The molecule has 3 heterocycles. The fraction of sp³-hybridized carbons (Fsp3) is 0.0278. The highest BCUT2D eigenvalue weighted by Crippen LogP contribution is 2.39. The van der Waals surface area contributed by atoms with Crippen molar-refractivity contribution >= 4 is 60.8 Å². The van der Waals surface area contributed by atoms with E-state index < -0.39 is 0 Å². The van der Waals surface area contributed by atoms with Crippen molar-refractivity contribution in [2.45, 2.75) is 0 Å². The number of hydrogen-bond donors (Lipinski definition) is 0. The molecule has 0 bridgehead atoms. The molecule has 0 saturated heterocycles. The Bertz CT molecular complexity index is 2080. The summed E-state index contributed by atoms with van der Waals surface area (Å²) in [6.45, 7) is 0. The zero-order valence-corrected chi connectivity index (χ0v) is 22.1. The molecule has 0 aliphatic carbocycles. The Hall–Kier alpha value is -5.35. The number of fused-ring (bicyclic) bond motifs is 6. The minimum Gasteiger partial charge on any atom is -0.344 e. The van der Waals surface area contributed by atoms with Crippen LogP contribution in [0.1, 0.15) is 0 Å². The molecule has 0 unspecified atom stereocenters. The topological polar surface area (TPSA) is 26.0 Å². The van der Waals surface area contributed by atoms with Crippen LogP contribution in [0.2, 0.25) is 0 Å². The highest BCUT2D eigenvalue weighted by Gasteiger charge is 2.17. The van der Waals surface area contributed by atoms with E-state index in [4.69, 9.17) is 4.98 Å². The van der Waals surface area contributed by atoms with Crippen LogP contribution in [0.4, 0.5) is 17.1 Å². The molecule has 0 N–H and O–H groups in total. The molecule has 190 valence electrons. The minimum atomic E-state index is 0.975. The molecular weight excluding hydrogens is 488 g/mol. The fourth-order valence-corrected chi connectivity index (χ4v) is 6.13. The maximum atomic E-state index is 4.80. The predicted molar refractivity (Wildman–Crippen MR) is 167 cm³/mol. The summed E-state index contributed by atoms with van der Waals surface area (Å²) < 4.78 is 4.57. The summed E-state index contributed by atoms with van der Waals surface area (Å²) in [7, 11) is 2.15. The number of aryl methyl sites for hydroxylation is 1. The Balaban J connectivity index is 1.38. The van der Waals surface area contributed by atoms with Crippen molar-refractivity contribution in [3.05, 3.63) is 140 Å². The highest BCUT2D eigenvalue weighted by molar-refractivity contribution is 6.11. The maximum Gasteiger partial charge on any atom is 0.145 e. The van der Waals surface area contributed by atoms with E-state index in [1.54, 1.807) is 0 Å². The van der Waals surface area contributed by atoms with Crippen molar-refractivity contribution in [1.29, 1.82) is 0 Å². The number of pyridine rings is 1. The molecule has 0 saturated carbocycles. The van der Waals surface area contributed by atoms with E-state index >= 15 is 0 Å². The minimum absolute atomic E-state index is 0.975. The second-order valence-electron chi connectivity index (χ2n) is 10.2.